The first-order valence-corrected chi connectivity index (χ1v) is 7.37. The summed E-state index contributed by atoms with van der Waals surface area (Å²) in [6.45, 7) is -0.708. The molecule has 0 saturated heterocycles. The largest absolute Gasteiger partial charge is 0.480 e. The highest BCUT2D eigenvalue weighted by Crippen LogP contribution is 2.22. The molecule has 1 rings (SSSR count). The van der Waals surface area contributed by atoms with Crippen molar-refractivity contribution in [2.45, 2.75) is 18.4 Å². The lowest BCUT2D eigenvalue weighted by Gasteiger charge is -2.21. The smallest absolute Gasteiger partial charge is 0.331 e. The number of oxime groups is 1. The molecule has 0 fully saturated rings. The van der Waals surface area contributed by atoms with Gasteiger partial charge in [-0.15, -0.1) is 0 Å². The number of amides is 1. The number of rotatable bonds is 9. The Morgan fingerprint density at radius 3 is 2.38 bits per heavy atom. The fraction of sp³-hybridized carbons (Fsp3) is 0.286. The third kappa shape index (κ3) is 5.19. The molecular formula is C14H15Cl2N3O5. The molecule has 10 heteroatoms. The van der Waals surface area contributed by atoms with Crippen molar-refractivity contribution in [3.8, 4) is 0 Å². The highest BCUT2D eigenvalue weighted by molar-refractivity contribution is 6.38. The molecule has 1 aromatic rings. The van der Waals surface area contributed by atoms with Crippen LogP contribution in [0.15, 0.2) is 23.4 Å². The van der Waals surface area contributed by atoms with Gasteiger partial charge in [-0.05, 0) is 18.6 Å². The van der Waals surface area contributed by atoms with Crippen molar-refractivity contribution in [2.24, 2.45) is 16.6 Å². The lowest BCUT2D eigenvalue weighted by Crippen LogP contribution is -2.56. The van der Waals surface area contributed by atoms with Gasteiger partial charge in [0.1, 0.15) is 0 Å². The number of hydrogen-bond donors (Lipinski definition) is 3. The van der Waals surface area contributed by atoms with E-state index in [1.54, 1.807) is 18.2 Å². The Morgan fingerprint density at radius 1 is 1.29 bits per heavy atom. The number of halogens is 2. The molecule has 0 saturated carbocycles. The number of carboxylic acid groups (broad SMARTS) is 1. The zero-order valence-corrected chi connectivity index (χ0v) is 13.9. The van der Waals surface area contributed by atoms with E-state index in [2.05, 4.69) is 5.16 Å². The minimum atomic E-state index is -2.29. The average Bonchev–Trinajstić information content (AvgIpc) is 2.50. The number of carbonyl (C=O) groups is 3. The SMILES string of the molecule is NC(=O)CC[C@](N)(C(=O)O)C(=O)CON=Cc1c(Cl)cccc1Cl. The molecule has 1 amide bonds. The fourth-order valence-corrected chi connectivity index (χ4v) is 2.13. The highest BCUT2D eigenvalue weighted by atomic mass is 35.5. The molecule has 0 heterocycles. The van der Waals surface area contributed by atoms with Gasteiger partial charge in [-0.1, -0.05) is 34.4 Å². The molecule has 0 aliphatic rings. The van der Waals surface area contributed by atoms with Crippen molar-refractivity contribution in [2.75, 3.05) is 6.61 Å². The first-order chi connectivity index (χ1) is 11.2. The summed E-state index contributed by atoms with van der Waals surface area (Å²) in [5.74, 6) is -3.32. The van der Waals surface area contributed by atoms with Crippen molar-refractivity contribution in [3.63, 3.8) is 0 Å². The summed E-state index contributed by atoms with van der Waals surface area (Å²) in [5.41, 5.74) is 8.57. The molecule has 5 N–H and O–H groups in total. The Bertz CT molecular complexity index is 660. The maximum Gasteiger partial charge on any atom is 0.331 e. The predicted octanol–water partition coefficient (Wildman–Crippen LogP) is 0.961. The van der Waals surface area contributed by atoms with Crippen LogP contribution < -0.4 is 11.5 Å². The summed E-state index contributed by atoms with van der Waals surface area (Å²) in [7, 11) is 0. The van der Waals surface area contributed by atoms with Crippen LogP contribution >= 0.6 is 23.2 Å². The third-order valence-corrected chi connectivity index (χ3v) is 3.76. The maximum absolute atomic E-state index is 12.0. The van der Waals surface area contributed by atoms with Gasteiger partial charge < -0.3 is 21.4 Å². The van der Waals surface area contributed by atoms with Gasteiger partial charge in [-0.25, -0.2) is 4.79 Å². The normalized spacial score (nSPS) is 13.5. The molecule has 0 aromatic heterocycles. The summed E-state index contributed by atoms with van der Waals surface area (Å²) in [6, 6.07) is 4.80. The van der Waals surface area contributed by atoms with Crippen LogP contribution in [-0.4, -0.2) is 41.1 Å². The molecule has 0 aliphatic carbocycles. The van der Waals surface area contributed by atoms with Crippen molar-refractivity contribution < 1.29 is 24.3 Å². The van der Waals surface area contributed by atoms with Crippen LogP contribution in [-0.2, 0) is 19.2 Å². The number of hydrogen-bond acceptors (Lipinski definition) is 6. The predicted molar refractivity (Wildman–Crippen MR) is 88.0 cm³/mol. The average molecular weight is 376 g/mol. The number of nitrogens with zero attached hydrogens (tertiary/aromatic N) is 1. The number of ketones is 1. The molecule has 0 radical (unpaired) electrons. The van der Waals surface area contributed by atoms with Gasteiger partial charge in [0.05, 0.1) is 16.3 Å². The molecule has 8 nitrogen and oxygen atoms in total. The maximum atomic E-state index is 12.0. The van der Waals surface area contributed by atoms with E-state index < -0.39 is 36.2 Å². The monoisotopic (exact) mass is 375 g/mol. The zero-order valence-electron chi connectivity index (χ0n) is 12.4. The Hall–Kier alpha value is -2.16. The third-order valence-electron chi connectivity index (χ3n) is 3.10. The number of carbonyl (C=O) groups excluding carboxylic acids is 2. The molecular weight excluding hydrogens is 361 g/mol. The summed E-state index contributed by atoms with van der Waals surface area (Å²) in [4.78, 5) is 38.7. The summed E-state index contributed by atoms with van der Waals surface area (Å²) < 4.78 is 0. The van der Waals surface area contributed by atoms with Gasteiger partial charge in [0, 0.05) is 12.0 Å². The van der Waals surface area contributed by atoms with Gasteiger partial charge in [0.25, 0.3) is 0 Å². The number of nitrogens with two attached hydrogens (primary N) is 2. The standard InChI is InChI=1S/C14H15Cl2N3O5/c15-9-2-1-3-10(16)8(9)6-19-24-7-11(20)14(18,13(22)23)5-4-12(17)21/h1-3,6H,4-5,7,18H2,(H2,17,21)(H,22,23)/t14-/m1/s1. The number of aliphatic carboxylic acids is 1. The van der Waals surface area contributed by atoms with Gasteiger partial charge in [-0.2, -0.15) is 0 Å². The van der Waals surface area contributed by atoms with E-state index in [0.717, 1.165) is 0 Å². The number of primary amides is 1. The molecule has 130 valence electrons. The van der Waals surface area contributed by atoms with Crippen LogP contribution in [0.25, 0.3) is 0 Å². The quantitative estimate of drug-likeness (QED) is 0.333. The molecule has 0 aliphatic heterocycles. The van der Waals surface area contributed by atoms with Gasteiger partial charge >= 0.3 is 5.97 Å². The number of Topliss-reactive ketones (excluding diaryl/α,β-unsaturated/α-hetero) is 1. The number of benzene rings is 1. The summed E-state index contributed by atoms with van der Waals surface area (Å²) in [6.07, 6.45) is 0.382. The molecule has 1 atom stereocenters. The van der Waals surface area contributed by atoms with E-state index in [4.69, 9.17) is 44.6 Å². The van der Waals surface area contributed by atoms with Crippen LogP contribution in [0, 0.1) is 0 Å². The van der Waals surface area contributed by atoms with E-state index in [0.29, 0.717) is 15.6 Å². The summed E-state index contributed by atoms with van der Waals surface area (Å²) >= 11 is 11.8. The van der Waals surface area contributed by atoms with Gasteiger partial charge in [0.15, 0.2) is 12.1 Å². The first kappa shape index (κ1) is 19.9. The van der Waals surface area contributed by atoms with Crippen LogP contribution in [0.2, 0.25) is 10.0 Å². The van der Waals surface area contributed by atoms with E-state index >= 15 is 0 Å². The van der Waals surface area contributed by atoms with E-state index in [-0.39, 0.29) is 6.42 Å². The first-order valence-electron chi connectivity index (χ1n) is 6.61. The van der Waals surface area contributed by atoms with Crippen molar-refractivity contribution in [1.29, 1.82) is 0 Å². The topological polar surface area (TPSA) is 145 Å². The minimum absolute atomic E-state index is 0.321. The lowest BCUT2D eigenvalue weighted by molar-refractivity contribution is -0.150. The molecule has 0 unspecified atom stereocenters. The zero-order chi connectivity index (χ0) is 18.3. The van der Waals surface area contributed by atoms with E-state index in [9.17, 15) is 14.4 Å². The van der Waals surface area contributed by atoms with Crippen LogP contribution in [0.3, 0.4) is 0 Å². The Kier molecular flexibility index (Phi) is 7.15. The van der Waals surface area contributed by atoms with Crippen molar-refractivity contribution in [3.05, 3.63) is 33.8 Å². The molecule has 1 aromatic carbocycles. The lowest BCUT2D eigenvalue weighted by atomic mass is 9.90. The number of carboxylic acids is 1. The highest BCUT2D eigenvalue weighted by Gasteiger charge is 2.42. The minimum Gasteiger partial charge on any atom is -0.480 e. The molecule has 0 spiro atoms. The molecule has 24 heavy (non-hydrogen) atoms. The van der Waals surface area contributed by atoms with Crippen LogP contribution in [0.1, 0.15) is 18.4 Å². The van der Waals surface area contributed by atoms with E-state index in [1.165, 1.54) is 6.21 Å². The molecule has 0 bridgehead atoms. The second-order valence-corrected chi connectivity index (χ2v) is 5.62. The van der Waals surface area contributed by atoms with Crippen LogP contribution in [0.5, 0.6) is 0 Å². The van der Waals surface area contributed by atoms with Gasteiger partial charge in [-0.3, -0.25) is 9.59 Å². The second kappa shape index (κ2) is 8.62. The van der Waals surface area contributed by atoms with E-state index in [1.807, 2.05) is 0 Å². The Labute approximate surface area is 147 Å². The van der Waals surface area contributed by atoms with Crippen molar-refractivity contribution in [1.82, 2.24) is 0 Å². The fourth-order valence-electron chi connectivity index (χ4n) is 1.63. The Balaban J connectivity index is 2.71. The second-order valence-electron chi connectivity index (χ2n) is 4.81. The van der Waals surface area contributed by atoms with Gasteiger partial charge in [0.2, 0.25) is 11.7 Å². The summed E-state index contributed by atoms with van der Waals surface area (Å²) in [5, 5.41) is 13.3. The Morgan fingerprint density at radius 2 is 1.88 bits per heavy atom. The van der Waals surface area contributed by atoms with Crippen molar-refractivity contribution >= 4 is 47.1 Å². The van der Waals surface area contributed by atoms with Crippen LogP contribution in [0.4, 0.5) is 0 Å².